The van der Waals surface area contributed by atoms with E-state index in [1.807, 2.05) is 0 Å². The molecule has 0 spiro atoms. The van der Waals surface area contributed by atoms with Gasteiger partial charge in [0.15, 0.2) is 0 Å². The van der Waals surface area contributed by atoms with Crippen LogP contribution < -0.4 is 0 Å². The topological polar surface area (TPSA) is 3.24 Å². The van der Waals surface area contributed by atoms with Crippen LogP contribution in [0.1, 0.15) is 44.2 Å². The number of piperidine rings is 1. The van der Waals surface area contributed by atoms with Crippen LogP contribution in [-0.2, 0) is 6.54 Å². The van der Waals surface area contributed by atoms with Crippen molar-refractivity contribution in [3.63, 3.8) is 0 Å². The second-order valence-electron chi connectivity index (χ2n) is 5.91. The smallest absolute Gasteiger partial charge is 0.0299 e. The van der Waals surface area contributed by atoms with E-state index in [0.717, 1.165) is 12.5 Å². The molecule has 0 bridgehead atoms. The molecule has 1 nitrogen and oxygen atoms in total. The van der Waals surface area contributed by atoms with Gasteiger partial charge < -0.3 is 0 Å². The lowest BCUT2D eigenvalue weighted by Gasteiger charge is -2.34. The third-order valence-corrected chi connectivity index (χ3v) is 5.20. The van der Waals surface area contributed by atoms with Crippen molar-refractivity contribution < 1.29 is 0 Å². The number of rotatable bonds is 3. The van der Waals surface area contributed by atoms with Crippen LogP contribution >= 0.6 is 15.9 Å². The Balaban J connectivity index is 1.93. The Bertz CT molecular complexity index is 371. The van der Waals surface area contributed by atoms with Crippen molar-refractivity contribution in [3.05, 3.63) is 35.4 Å². The summed E-state index contributed by atoms with van der Waals surface area (Å²) < 4.78 is 0. The maximum Gasteiger partial charge on any atom is 0.0299 e. The molecule has 2 rings (SSSR count). The average Bonchev–Trinajstić information content (AvgIpc) is 2.34. The van der Waals surface area contributed by atoms with Crippen LogP contribution in [-0.4, -0.2) is 22.8 Å². The zero-order valence-corrected chi connectivity index (χ0v) is 13.3. The first kappa shape index (κ1) is 14.1. The van der Waals surface area contributed by atoms with E-state index < -0.39 is 0 Å². The highest BCUT2D eigenvalue weighted by molar-refractivity contribution is 9.09. The van der Waals surface area contributed by atoms with Gasteiger partial charge in [0.25, 0.3) is 0 Å². The van der Waals surface area contributed by atoms with Crippen LogP contribution in [0.15, 0.2) is 24.3 Å². The number of likely N-dealkylation sites (tertiary alicyclic amines) is 1. The van der Waals surface area contributed by atoms with Gasteiger partial charge in [-0.1, -0.05) is 61.0 Å². The molecule has 1 aliphatic heterocycles. The highest BCUT2D eigenvalue weighted by Crippen LogP contribution is 2.24. The fourth-order valence-corrected chi connectivity index (χ4v) is 3.17. The Labute approximate surface area is 120 Å². The Morgan fingerprint density at radius 3 is 2.50 bits per heavy atom. The molecular weight excluding hydrogens is 286 g/mol. The number of hydrogen-bond donors (Lipinski definition) is 0. The predicted octanol–water partition coefficient (Wildman–Crippen LogP) is 4.42. The first-order chi connectivity index (χ1) is 8.56. The summed E-state index contributed by atoms with van der Waals surface area (Å²) in [5, 5.41) is 0. The summed E-state index contributed by atoms with van der Waals surface area (Å²) >= 11 is 3.80. The van der Waals surface area contributed by atoms with E-state index in [1.54, 1.807) is 0 Å². The fraction of sp³-hybridized carbons (Fsp3) is 0.625. The van der Waals surface area contributed by atoms with Gasteiger partial charge >= 0.3 is 0 Å². The van der Waals surface area contributed by atoms with Crippen LogP contribution in [0, 0.1) is 5.92 Å². The van der Waals surface area contributed by atoms with Gasteiger partial charge in [0.1, 0.15) is 0 Å². The molecule has 1 saturated heterocycles. The number of nitrogens with zero attached hydrogens (tertiary/aromatic N) is 1. The van der Waals surface area contributed by atoms with Crippen molar-refractivity contribution in [2.24, 2.45) is 5.92 Å². The molecule has 18 heavy (non-hydrogen) atoms. The summed E-state index contributed by atoms with van der Waals surface area (Å²) in [5.41, 5.74) is 2.87. The highest BCUT2D eigenvalue weighted by Gasteiger charge is 2.23. The minimum atomic E-state index is 0.627. The lowest BCUT2D eigenvalue weighted by Crippen LogP contribution is -2.39. The molecule has 0 aliphatic carbocycles. The van der Waals surface area contributed by atoms with E-state index in [-0.39, 0.29) is 0 Å². The van der Waals surface area contributed by atoms with Gasteiger partial charge in [-0.2, -0.15) is 0 Å². The van der Waals surface area contributed by atoms with Crippen molar-refractivity contribution >= 4 is 15.9 Å². The van der Waals surface area contributed by atoms with E-state index in [4.69, 9.17) is 0 Å². The molecule has 0 N–H and O–H groups in total. The minimum Gasteiger partial charge on any atom is -0.298 e. The van der Waals surface area contributed by atoms with Crippen LogP contribution in [0.2, 0.25) is 0 Å². The Hall–Kier alpha value is -0.340. The molecular formula is C16H24BrN. The maximum absolute atomic E-state index is 3.80. The number of alkyl halides is 1. The summed E-state index contributed by atoms with van der Waals surface area (Å²) in [6.45, 7) is 10.3. The van der Waals surface area contributed by atoms with Gasteiger partial charge in [-0.3, -0.25) is 4.90 Å². The first-order valence-electron chi connectivity index (χ1n) is 7.01. The SMILES string of the molecule is CC(C)c1ccc(CN2CCC(C)C(Br)C2)cc1. The van der Waals surface area contributed by atoms with Crippen molar-refractivity contribution in [2.75, 3.05) is 13.1 Å². The third-order valence-electron chi connectivity index (χ3n) is 4.00. The maximum atomic E-state index is 3.80. The molecule has 2 unspecified atom stereocenters. The Kier molecular flexibility index (Phi) is 4.85. The van der Waals surface area contributed by atoms with Crippen molar-refractivity contribution in [3.8, 4) is 0 Å². The number of halogens is 1. The van der Waals surface area contributed by atoms with E-state index in [2.05, 4.69) is 65.9 Å². The molecule has 0 saturated carbocycles. The van der Waals surface area contributed by atoms with Gasteiger partial charge in [-0.05, 0) is 35.9 Å². The summed E-state index contributed by atoms with van der Waals surface area (Å²) in [5.74, 6) is 1.44. The minimum absolute atomic E-state index is 0.627. The summed E-state index contributed by atoms with van der Waals surface area (Å²) in [4.78, 5) is 3.21. The van der Waals surface area contributed by atoms with Gasteiger partial charge in [0, 0.05) is 17.9 Å². The lowest BCUT2D eigenvalue weighted by atomic mass is 9.98. The lowest BCUT2D eigenvalue weighted by molar-refractivity contribution is 0.194. The van der Waals surface area contributed by atoms with Crippen molar-refractivity contribution in [2.45, 2.75) is 44.5 Å². The first-order valence-corrected chi connectivity index (χ1v) is 7.93. The molecule has 0 aromatic heterocycles. The molecule has 0 amide bonds. The van der Waals surface area contributed by atoms with Crippen molar-refractivity contribution in [1.82, 2.24) is 4.90 Å². The number of benzene rings is 1. The van der Waals surface area contributed by atoms with Gasteiger partial charge in [-0.15, -0.1) is 0 Å². The molecule has 1 heterocycles. The van der Waals surface area contributed by atoms with Gasteiger partial charge in [0.2, 0.25) is 0 Å². The van der Waals surface area contributed by atoms with E-state index in [0.29, 0.717) is 10.7 Å². The molecule has 2 atom stereocenters. The van der Waals surface area contributed by atoms with E-state index >= 15 is 0 Å². The summed E-state index contributed by atoms with van der Waals surface area (Å²) in [6, 6.07) is 9.13. The highest BCUT2D eigenvalue weighted by atomic mass is 79.9. The molecule has 100 valence electrons. The molecule has 1 aromatic carbocycles. The van der Waals surface area contributed by atoms with Crippen molar-refractivity contribution in [1.29, 1.82) is 0 Å². The van der Waals surface area contributed by atoms with E-state index in [1.165, 1.54) is 30.6 Å². The second kappa shape index (κ2) is 6.21. The molecule has 1 aliphatic rings. The third kappa shape index (κ3) is 3.58. The predicted molar refractivity (Wildman–Crippen MR) is 82.3 cm³/mol. The monoisotopic (exact) mass is 309 g/mol. The molecule has 1 aromatic rings. The molecule has 0 radical (unpaired) electrons. The quantitative estimate of drug-likeness (QED) is 0.747. The largest absolute Gasteiger partial charge is 0.298 e. The fourth-order valence-electron chi connectivity index (χ4n) is 2.49. The van der Waals surface area contributed by atoms with Crippen LogP contribution in [0.3, 0.4) is 0 Å². The van der Waals surface area contributed by atoms with Gasteiger partial charge in [0.05, 0.1) is 0 Å². The van der Waals surface area contributed by atoms with Crippen LogP contribution in [0.25, 0.3) is 0 Å². The summed E-state index contributed by atoms with van der Waals surface area (Å²) in [7, 11) is 0. The second-order valence-corrected chi connectivity index (χ2v) is 7.09. The Morgan fingerprint density at radius 1 is 1.28 bits per heavy atom. The van der Waals surface area contributed by atoms with Crippen LogP contribution in [0.5, 0.6) is 0 Å². The van der Waals surface area contributed by atoms with Crippen LogP contribution in [0.4, 0.5) is 0 Å². The molecule has 2 heteroatoms. The number of hydrogen-bond acceptors (Lipinski definition) is 1. The van der Waals surface area contributed by atoms with Gasteiger partial charge in [-0.25, -0.2) is 0 Å². The zero-order valence-electron chi connectivity index (χ0n) is 11.7. The standard InChI is InChI=1S/C16H24BrN/c1-12(2)15-6-4-14(5-7-15)10-18-9-8-13(3)16(17)11-18/h4-7,12-13,16H,8-11H2,1-3H3. The zero-order chi connectivity index (χ0) is 13.1. The average molecular weight is 310 g/mol. The summed E-state index contributed by atoms with van der Waals surface area (Å²) in [6.07, 6.45) is 1.31. The van der Waals surface area contributed by atoms with E-state index in [9.17, 15) is 0 Å². The Morgan fingerprint density at radius 2 is 1.94 bits per heavy atom. The molecule has 1 fully saturated rings. The normalized spacial score (nSPS) is 25.6.